The van der Waals surface area contributed by atoms with Gasteiger partial charge < -0.3 is 10.5 Å². The molecular formula is C12H9BrFNO2S. The number of ether oxygens (including phenoxy) is 1. The topological polar surface area (TPSA) is 52.3 Å². The van der Waals surface area contributed by atoms with E-state index in [1.807, 2.05) is 11.4 Å². The monoisotopic (exact) mass is 329 g/mol. The number of hydrogen-bond acceptors (Lipinski definition) is 4. The summed E-state index contributed by atoms with van der Waals surface area (Å²) in [5, 5.41) is 1.89. The Morgan fingerprint density at radius 3 is 2.83 bits per heavy atom. The molecule has 0 unspecified atom stereocenters. The van der Waals surface area contributed by atoms with Gasteiger partial charge in [-0.05, 0) is 45.6 Å². The highest BCUT2D eigenvalue weighted by Crippen LogP contribution is 2.23. The number of benzene rings is 1. The molecule has 0 spiro atoms. The number of nitrogens with two attached hydrogens (primary N) is 1. The van der Waals surface area contributed by atoms with Gasteiger partial charge in [-0.2, -0.15) is 0 Å². The largest absolute Gasteiger partial charge is 0.456 e. The Hall–Kier alpha value is -1.40. The summed E-state index contributed by atoms with van der Waals surface area (Å²) in [5.41, 5.74) is 5.48. The normalized spacial score (nSPS) is 10.3. The lowest BCUT2D eigenvalue weighted by Gasteiger charge is -2.05. The molecule has 3 nitrogen and oxygen atoms in total. The van der Waals surface area contributed by atoms with Crippen molar-refractivity contribution in [3.8, 4) is 0 Å². The average molecular weight is 330 g/mol. The van der Waals surface area contributed by atoms with Crippen LogP contribution in [0.15, 0.2) is 34.1 Å². The van der Waals surface area contributed by atoms with Crippen LogP contribution in [0.1, 0.15) is 15.2 Å². The highest BCUT2D eigenvalue weighted by atomic mass is 79.9. The third-order valence-electron chi connectivity index (χ3n) is 2.26. The van der Waals surface area contributed by atoms with Gasteiger partial charge in [0.2, 0.25) is 0 Å². The van der Waals surface area contributed by atoms with Crippen molar-refractivity contribution in [3.05, 3.63) is 50.4 Å². The maximum atomic E-state index is 13.2. The molecule has 0 amide bonds. The van der Waals surface area contributed by atoms with E-state index in [0.29, 0.717) is 0 Å². The number of esters is 1. The molecule has 2 N–H and O–H groups in total. The van der Waals surface area contributed by atoms with E-state index in [4.69, 9.17) is 10.5 Å². The van der Waals surface area contributed by atoms with Gasteiger partial charge in [-0.1, -0.05) is 0 Å². The van der Waals surface area contributed by atoms with Gasteiger partial charge in [0, 0.05) is 4.47 Å². The summed E-state index contributed by atoms with van der Waals surface area (Å²) in [5.74, 6) is -1.20. The predicted octanol–water partition coefficient (Wildman–Crippen LogP) is 3.59. The Kier molecular flexibility index (Phi) is 3.98. The van der Waals surface area contributed by atoms with Crippen molar-refractivity contribution in [3.63, 3.8) is 0 Å². The van der Waals surface area contributed by atoms with Gasteiger partial charge in [-0.25, -0.2) is 9.18 Å². The molecule has 2 aromatic rings. The summed E-state index contributed by atoms with van der Waals surface area (Å²) >= 11 is 4.81. The maximum absolute atomic E-state index is 13.2. The summed E-state index contributed by atoms with van der Waals surface area (Å²) in [6, 6.07) is 5.72. The molecule has 94 valence electrons. The second-order valence-corrected chi connectivity index (χ2v) is 5.36. The van der Waals surface area contributed by atoms with Gasteiger partial charge in [0.15, 0.2) is 0 Å². The van der Waals surface area contributed by atoms with Crippen LogP contribution in [0.2, 0.25) is 0 Å². The van der Waals surface area contributed by atoms with Crippen LogP contribution in [-0.4, -0.2) is 5.97 Å². The Morgan fingerprint density at radius 2 is 2.22 bits per heavy atom. The molecule has 0 fully saturated rings. The first-order valence-corrected chi connectivity index (χ1v) is 6.69. The van der Waals surface area contributed by atoms with Crippen LogP contribution in [0, 0.1) is 5.82 Å². The molecule has 1 aromatic heterocycles. The fourth-order valence-electron chi connectivity index (χ4n) is 1.30. The fraction of sp³-hybridized carbons (Fsp3) is 0.0833. The molecule has 1 aromatic carbocycles. The standard InChI is InChI=1S/C12H9BrFNO2S/c13-8-3-4-18-11(8)6-17-12(16)7-1-2-10(15)9(14)5-7/h1-5H,6,15H2. The van der Waals surface area contributed by atoms with Crippen LogP contribution in [0.4, 0.5) is 10.1 Å². The number of nitrogen functional groups attached to an aromatic ring is 1. The minimum Gasteiger partial charge on any atom is -0.456 e. The van der Waals surface area contributed by atoms with Crippen molar-refractivity contribution in [2.24, 2.45) is 0 Å². The molecule has 18 heavy (non-hydrogen) atoms. The number of halogens is 2. The van der Waals surface area contributed by atoms with Crippen LogP contribution < -0.4 is 5.73 Å². The quantitative estimate of drug-likeness (QED) is 0.691. The van der Waals surface area contributed by atoms with E-state index in [9.17, 15) is 9.18 Å². The predicted molar refractivity (Wildman–Crippen MR) is 72.0 cm³/mol. The zero-order chi connectivity index (χ0) is 13.1. The Morgan fingerprint density at radius 1 is 1.44 bits per heavy atom. The van der Waals surface area contributed by atoms with E-state index >= 15 is 0 Å². The Bertz CT molecular complexity index is 585. The average Bonchev–Trinajstić information content (AvgIpc) is 2.75. The summed E-state index contributed by atoms with van der Waals surface area (Å²) in [7, 11) is 0. The lowest BCUT2D eigenvalue weighted by atomic mass is 10.2. The van der Waals surface area contributed by atoms with E-state index in [1.54, 1.807) is 0 Å². The van der Waals surface area contributed by atoms with E-state index in [-0.39, 0.29) is 17.9 Å². The van der Waals surface area contributed by atoms with E-state index in [2.05, 4.69) is 15.9 Å². The van der Waals surface area contributed by atoms with Crippen molar-refractivity contribution in [2.75, 3.05) is 5.73 Å². The van der Waals surface area contributed by atoms with Crippen molar-refractivity contribution in [2.45, 2.75) is 6.61 Å². The summed E-state index contributed by atoms with van der Waals surface area (Å²) in [6.07, 6.45) is 0. The zero-order valence-corrected chi connectivity index (χ0v) is 11.6. The second-order valence-electron chi connectivity index (χ2n) is 3.50. The molecule has 1 heterocycles. The first kappa shape index (κ1) is 13.0. The molecule has 0 aliphatic rings. The van der Waals surface area contributed by atoms with Gasteiger partial charge in [-0.3, -0.25) is 0 Å². The third kappa shape index (κ3) is 2.88. The Balaban J connectivity index is 2.04. The van der Waals surface area contributed by atoms with Gasteiger partial charge >= 0.3 is 5.97 Å². The number of thiophene rings is 1. The van der Waals surface area contributed by atoms with Gasteiger partial charge in [-0.15, -0.1) is 11.3 Å². The fourth-order valence-corrected chi connectivity index (χ4v) is 2.67. The van der Waals surface area contributed by atoms with E-state index < -0.39 is 11.8 Å². The van der Waals surface area contributed by atoms with Crippen LogP contribution in [0.25, 0.3) is 0 Å². The van der Waals surface area contributed by atoms with Crippen LogP contribution in [-0.2, 0) is 11.3 Å². The first-order valence-electron chi connectivity index (χ1n) is 5.02. The number of hydrogen-bond donors (Lipinski definition) is 1. The van der Waals surface area contributed by atoms with Crippen molar-refractivity contribution in [1.29, 1.82) is 0 Å². The van der Waals surface area contributed by atoms with Gasteiger partial charge in [0.05, 0.1) is 16.1 Å². The SMILES string of the molecule is Nc1ccc(C(=O)OCc2sccc2Br)cc1F. The lowest BCUT2D eigenvalue weighted by molar-refractivity contribution is 0.0475. The molecule has 0 aliphatic heterocycles. The summed E-state index contributed by atoms with van der Waals surface area (Å²) in [6.45, 7) is 0.156. The molecule has 6 heteroatoms. The van der Waals surface area contributed by atoms with E-state index in [1.165, 1.54) is 23.5 Å². The highest BCUT2D eigenvalue weighted by Gasteiger charge is 2.11. The molecule has 0 saturated carbocycles. The van der Waals surface area contributed by atoms with Gasteiger partial charge in [0.25, 0.3) is 0 Å². The summed E-state index contributed by atoms with van der Waals surface area (Å²) < 4.78 is 19.2. The van der Waals surface area contributed by atoms with Gasteiger partial charge in [0.1, 0.15) is 12.4 Å². The lowest BCUT2D eigenvalue weighted by Crippen LogP contribution is -2.06. The van der Waals surface area contributed by atoms with E-state index in [0.717, 1.165) is 15.4 Å². The van der Waals surface area contributed by atoms with Crippen LogP contribution >= 0.6 is 27.3 Å². The summed E-state index contributed by atoms with van der Waals surface area (Å²) in [4.78, 5) is 12.6. The molecule has 0 atom stereocenters. The van der Waals surface area contributed by atoms with Crippen molar-refractivity contribution < 1.29 is 13.9 Å². The van der Waals surface area contributed by atoms with Crippen molar-refractivity contribution in [1.82, 2.24) is 0 Å². The van der Waals surface area contributed by atoms with Crippen LogP contribution in [0.3, 0.4) is 0 Å². The molecule has 0 bridgehead atoms. The third-order valence-corrected chi connectivity index (χ3v) is 4.16. The minimum atomic E-state index is -0.623. The molecule has 0 radical (unpaired) electrons. The minimum absolute atomic E-state index is 0.00699. The number of carbonyl (C=O) groups excluding carboxylic acids is 1. The molecule has 0 saturated heterocycles. The van der Waals surface area contributed by atoms with Crippen molar-refractivity contribution >= 4 is 38.9 Å². The van der Waals surface area contributed by atoms with Crippen LogP contribution in [0.5, 0.6) is 0 Å². The molecule has 0 aliphatic carbocycles. The first-order chi connectivity index (χ1) is 8.58. The maximum Gasteiger partial charge on any atom is 0.338 e. The molecular weight excluding hydrogens is 321 g/mol. The zero-order valence-electron chi connectivity index (χ0n) is 9.15. The molecule has 2 rings (SSSR count). The number of anilines is 1. The highest BCUT2D eigenvalue weighted by molar-refractivity contribution is 9.10. The Labute approximate surface area is 116 Å². The smallest absolute Gasteiger partial charge is 0.338 e. The number of rotatable bonds is 3. The second kappa shape index (κ2) is 5.49. The number of carbonyl (C=O) groups is 1.